The molecule has 0 saturated carbocycles. The first-order valence-electron chi connectivity index (χ1n) is 6.76. The number of anilines is 2. The van der Waals surface area contributed by atoms with Crippen LogP contribution in [0.2, 0.25) is 10.0 Å². The maximum absolute atomic E-state index is 6.18. The van der Waals surface area contributed by atoms with E-state index in [9.17, 15) is 0 Å². The van der Waals surface area contributed by atoms with Gasteiger partial charge in [0, 0.05) is 24.0 Å². The fraction of sp³-hybridized carbons (Fsp3) is 0.250. The fourth-order valence-electron chi connectivity index (χ4n) is 2.65. The summed E-state index contributed by atoms with van der Waals surface area (Å²) in [5.41, 5.74) is 2.26. The summed E-state index contributed by atoms with van der Waals surface area (Å²) in [7, 11) is 0. The van der Waals surface area contributed by atoms with Crippen molar-refractivity contribution in [2.45, 2.75) is 12.5 Å². The largest absolute Gasteiger partial charge is 0.337 e. The van der Waals surface area contributed by atoms with Crippen LogP contribution in [0.25, 0.3) is 0 Å². The molecule has 0 radical (unpaired) electrons. The van der Waals surface area contributed by atoms with Gasteiger partial charge in [0.15, 0.2) is 0 Å². The lowest BCUT2D eigenvalue weighted by molar-refractivity contribution is 0.712. The molecule has 1 unspecified atom stereocenters. The van der Waals surface area contributed by atoms with Gasteiger partial charge in [-0.25, -0.2) is 0 Å². The molecule has 0 aliphatic carbocycles. The highest BCUT2D eigenvalue weighted by Gasteiger charge is 2.24. The first-order valence-corrected chi connectivity index (χ1v) is 7.51. The molecule has 2 nitrogen and oxygen atoms in total. The van der Waals surface area contributed by atoms with Crippen LogP contribution >= 0.6 is 35.6 Å². The summed E-state index contributed by atoms with van der Waals surface area (Å²) in [4.78, 5) is 2.34. The van der Waals surface area contributed by atoms with E-state index in [1.807, 2.05) is 24.3 Å². The minimum Gasteiger partial charge on any atom is -0.337 e. The maximum atomic E-state index is 6.18. The lowest BCUT2D eigenvalue weighted by Crippen LogP contribution is -2.32. The van der Waals surface area contributed by atoms with Crippen LogP contribution < -0.4 is 10.2 Å². The van der Waals surface area contributed by atoms with Crippen molar-refractivity contribution in [3.8, 4) is 0 Å². The second-order valence-corrected chi connectivity index (χ2v) is 5.76. The summed E-state index contributed by atoms with van der Waals surface area (Å²) in [5, 5.41) is 4.60. The van der Waals surface area contributed by atoms with Crippen LogP contribution in [0.3, 0.4) is 0 Å². The van der Waals surface area contributed by atoms with Gasteiger partial charge in [0.25, 0.3) is 0 Å². The number of nitrogens with one attached hydrogen (secondary N) is 1. The minimum atomic E-state index is 0. The van der Waals surface area contributed by atoms with Crippen molar-refractivity contribution in [1.29, 1.82) is 0 Å². The van der Waals surface area contributed by atoms with E-state index in [2.05, 4.69) is 34.5 Å². The van der Waals surface area contributed by atoms with Gasteiger partial charge in [-0.2, -0.15) is 0 Å². The predicted molar refractivity (Wildman–Crippen MR) is 93.6 cm³/mol. The van der Waals surface area contributed by atoms with E-state index in [-0.39, 0.29) is 12.4 Å². The zero-order valence-corrected chi connectivity index (χ0v) is 13.8. The molecular formula is C16H17Cl3N2. The number of nitrogens with zero attached hydrogens (tertiary/aromatic N) is 1. The molecule has 0 amide bonds. The summed E-state index contributed by atoms with van der Waals surface area (Å²) in [6.45, 7) is 2.03. The molecule has 21 heavy (non-hydrogen) atoms. The third kappa shape index (κ3) is 3.64. The third-order valence-corrected chi connectivity index (χ3v) is 4.35. The van der Waals surface area contributed by atoms with Gasteiger partial charge in [-0.05, 0) is 43.3 Å². The molecule has 0 bridgehead atoms. The average molecular weight is 344 g/mol. The van der Waals surface area contributed by atoms with Crippen LogP contribution in [0.4, 0.5) is 11.4 Å². The number of halogens is 3. The molecule has 1 atom stereocenters. The van der Waals surface area contributed by atoms with Crippen LogP contribution in [0.15, 0.2) is 48.5 Å². The van der Waals surface area contributed by atoms with Crippen molar-refractivity contribution < 1.29 is 0 Å². The summed E-state index contributed by atoms with van der Waals surface area (Å²) in [6.07, 6.45) is 1.12. The smallest absolute Gasteiger partial charge is 0.0613 e. The van der Waals surface area contributed by atoms with E-state index in [1.54, 1.807) is 0 Å². The predicted octanol–water partition coefficient (Wildman–Crippen LogP) is 4.92. The van der Waals surface area contributed by atoms with Crippen molar-refractivity contribution in [1.82, 2.24) is 5.32 Å². The van der Waals surface area contributed by atoms with Gasteiger partial charge in [0.2, 0.25) is 0 Å². The Morgan fingerprint density at radius 3 is 2.33 bits per heavy atom. The second-order valence-electron chi connectivity index (χ2n) is 4.95. The highest BCUT2D eigenvalue weighted by molar-refractivity contribution is 6.42. The Labute approximate surface area is 141 Å². The second kappa shape index (κ2) is 7.37. The average Bonchev–Trinajstić information content (AvgIpc) is 2.98. The van der Waals surface area contributed by atoms with E-state index in [1.165, 1.54) is 5.69 Å². The van der Waals surface area contributed by atoms with Gasteiger partial charge in [-0.1, -0.05) is 41.4 Å². The third-order valence-electron chi connectivity index (χ3n) is 3.62. The summed E-state index contributed by atoms with van der Waals surface area (Å²) in [5.74, 6) is 0. The van der Waals surface area contributed by atoms with Crippen molar-refractivity contribution in [3.63, 3.8) is 0 Å². The Balaban J connectivity index is 0.00000161. The van der Waals surface area contributed by atoms with E-state index >= 15 is 0 Å². The van der Waals surface area contributed by atoms with E-state index in [0.29, 0.717) is 16.1 Å². The molecule has 1 saturated heterocycles. The molecule has 1 heterocycles. The molecule has 0 spiro atoms. The summed E-state index contributed by atoms with van der Waals surface area (Å²) < 4.78 is 0. The van der Waals surface area contributed by atoms with Crippen LogP contribution in [0.1, 0.15) is 6.42 Å². The quantitative estimate of drug-likeness (QED) is 0.851. The van der Waals surface area contributed by atoms with Gasteiger partial charge in [-0.3, -0.25) is 0 Å². The monoisotopic (exact) mass is 342 g/mol. The molecule has 0 aromatic heterocycles. The standard InChI is InChI=1S/C16H16Cl2N2.ClH/c17-15-7-6-13(10-16(15)18)20(14-8-9-19-11-14)12-4-2-1-3-5-12;/h1-7,10,14,19H,8-9,11H2;1H. The molecule has 5 heteroatoms. The highest BCUT2D eigenvalue weighted by atomic mass is 35.5. The first-order chi connectivity index (χ1) is 9.75. The topological polar surface area (TPSA) is 15.3 Å². The summed E-state index contributed by atoms with van der Waals surface area (Å²) >= 11 is 12.2. The summed E-state index contributed by atoms with van der Waals surface area (Å²) in [6, 6.07) is 16.7. The van der Waals surface area contributed by atoms with Gasteiger partial charge in [0.05, 0.1) is 10.0 Å². The molecule has 1 aliphatic rings. The van der Waals surface area contributed by atoms with E-state index in [4.69, 9.17) is 23.2 Å². The molecule has 1 N–H and O–H groups in total. The molecule has 2 aromatic rings. The van der Waals surface area contributed by atoms with Gasteiger partial charge >= 0.3 is 0 Å². The molecule has 3 rings (SSSR count). The van der Waals surface area contributed by atoms with E-state index in [0.717, 1.165) is 25.2 Å². The number of benzene rings is 2. The SMILES string of the molecule is Cl.Clc1ccc(N(c2ccccc2)C2CCNC2)cc1Cl. The fourth-order valence-corrected chi connectivity index (χ4v) is 2.95. The Morgan fingerprint density at radius 1 is 0.952 bits per heavy atom. The minimum absolute atomic E-state index is 0. The van der Waals surface area contributed by atoms with Crippen LogP contribution in [-0.2, 0) is 0 Å². The number of rotatable bonds is 3. The van der Waals surface area contributed by atoms with Crippen LogP contribution in [-0.4, -0.2) is 19.1 Å². The maximum Gasteiger partial charge on any atom is 0.0613 e. The first kappa shape index (κ1) is 16.4. The van der Waals surface area contributed by atoms with Crippen molar-refractivity contribution in [2.75, 3.05) is 18.0 Å². The van der Waals surface area contributed by atoms with Crippen molar-refractivity contribution in [3.05, 3.63) is 58.6 Å². The highest BCUT2D eigenvalue weighted by Crippen LogP contribution is 2.34. The molecule has 1 fully saturated rings. The Kier molecular flexibility index (Phi) is 5.77. The van der Waals surface area contributed by atoms with Crippen molar-refractivity contribution in [2.24, 2.45) is 0 Å². The normalized spacial score (nSPS) is 17.3. The molecule has 2 aromatic carbocycles. The van der Waals surface area contributed by atoms with Gasteiger partial charge in [-0.15, -0.1) is 12.4 Å². The Bertz CT molecular complexity index is 583. The number of hydrogen-bond acceptors (Lipinski definition) is 2. The van der Waals surface area contributed by atoms with E-state index < -0.39 is 0 Å². The lowest BCUT2D eigenvalue weighted by atomic mass is 10.1. The zero-order valence-electron chi connectivity index (χ0n) is 11.4. The zero-order chi connectivity index (χ0) is 13.9. The molecular weight excluding hydrogens is 327 g/mol. The number of para-hydroxylation sites is 1. The lowest BCUT2D eigenvalue weighted by Gasteiger charge is -2.31. The van der Waals surface area contributed by atoms with Gasteiger partial charge in [0.1, 0.15) is 0 Å². The molecule has 112 valence electrons. The molecule has 1 aliphatic heterocycles. The Morgan fingerprint density at radius 2 is 1.71 bits per heavy atom. The van der Waals surface area contributed by atoms with Crippen molar-refractivity contribution >= 4 is 47.0 Å². The van der Waals surface area contributed by atoms with Crippen LogP contribution in [0.5, 0.6) is 0 Å². The Hall–Kier alpha value is -0.930. The number of hydrogen-bond donors (Lipinski definition) is 1. The van der Waals surface area contributed by atoms with Gasteiger partial charge < -0.3 is 10.2 Å². The van der Waals surface area contributed by atoms with Crippen LogP contribution in [0, 0.1) is 0 Å².